The molecule has 13 heteroatoms. The Morgan fingerprint density at radius 1 is 1.19 bits per heavy atom. The maximum atomic E-state index is 14.3. The van der Waals surface area contributed by atoms with Crippen molar-refractivity contribution in [1.29, 1.82) is 0 Å². The third kappa shape index (κ3) is 4.21. The average molecular weight is 492 g/mol. The summed E-state index contributed by atoms with van der Waals surface area (Å²) in [4.78, 5) is 38.6. The number of amides is 1. The van der Waals surface area contributed by atoms with E-state index in [1.165, 1.54) is 6.07 Å². The SMILES string of the molecule is CCOC(=O)OC(=O)N1CCNc2nc(-c3nn(Cc4ccccc4F)c4ncccc34)nc(N)c21. The van der Waals surface area contributed by atoms with Gasteiger partial charge in [-0.25, -0.2) is 33.6 Å². The van der Waals surface area contributed by atoms with Crippen molar-refractivity contribution in [2.45, 2.75) is 13.5 Å². The second-order valence-electron chi connectivity index (χ2n) is 7.73. The molecule has 0 saturated heterocycles. The Bertz CT molecular complexity index is 1470. The van der Waals surface area contributed by atoms with Crippen LogP contribution in [0.15, 0.2) is 42.6 Å². The van der Waals surface area contributed by atoms with Crippen LogP contribution >= 0.6 is 0 Å². The number of pyridine rings is 1. The maximum absolute atomic E-state index is 14.3. The van der Waals surface area contributed by atoms with Gasteiger partial charge in [-0.05, 0) is 25.1 Å². The van der Waals surface area contributed by atoms with Crippen molar-refractivity contribution in [3.8, 4) is 11.5 Å². The summed E-state index contributed by atoms with van der Waals surface area (Å²) in [5.74, 6) is 0.0745. The number of anilines is 3. The number of fused-ring (bicyclic) bond motifs is 2. The third-order valence-electron chi connectivity index (χ3n) is 5.46. The fourth-order valence-corrected chi connectivity index (χ4v) is 3.89. The van der Waals surface area contributed by atoms with Crippen LogP contribution in [0.3, 0.4) is 0 Å². The number of ether oxygens (including phenoxy) is 2. The molecule has 1 amide bonds. The Balaban J connectivity index is 1.53. The molecule has 12 nitrogen and oxygen atoms in total. The molecule has 1 aromatic carbocycles. The van der Waals surface area contributed by atoms with Crippen molar-refractivity contribution in [2.24, 2.45) is 0 Å². The minimum Gasteiger partial charge on any atom is -0.434 e. The van der Waals surface area contributed by atoms with Gasteiger partial charge >= 0.3 is 12.2 Å². The molecule has 0 saturated carbocycles. The van der Waals surface area contributed by atoms with Gasteiger partial charge in [0.05, 0.1) is 18.5 Å². The Morgan fingerprint density at radius 2 is 2.03 bits per heavy atom. The summed E-state index contributed by atoms with van der Waals surface area (Å²) in [6, 6.07) is 9.97. The van der Waals surface area contributed by atoms with Gasteiger partial charge < -0.3 is 20.5 Å². The number of halogens is 1. The first-order valence-corrected chi connectivity index (χ1v) is 11.1. The highest BCUT2D eigenvalue weighted by atomic mass is 19.1. The highest BCUT2D eigenvalue weighted by Crippen LogP contribution is 2.36. The molecular weight excluding hydrogens is 471 g/mol. The van der Waals surface area contributed by atoms with Gasteiger partial charge in [0.1, 0.15) is 17.2 Å². The van der Waals surface area contributed by atoms with Gasteiger partial charge in [0.15, 0.2) is 23.1 Å². The minimum atomic E-state index is -1.11. The number of carbonyl (C=O) groups is 2. The number of benzene rings is 1. The van der Waals surface area contributed by atoms with Crippen LogP contribution in [0.1, 0.15) is 12.5 Å². The zero-order valence-electron chi connectivity index (χ0n) is 19.1. The lowest BCUT2D eigenvalue weighted by atomic mass is 10.2. The molecule has 1 aliphatic rings. The molecule has 0 bridgehead atoms. The Morgan fingerprint density at radius 3 is 2.83 bits per heavy atom. The van der Waals surface area contributed by atoms with E-state index in [9.17, 15) is 14.0 Å². The molecule has 36 heavy (non-hydrogen) atoms. The molecule has 0 unspecified atom stereocenters. The topological polar surface area (TPSA) is 150 Å². The van der Waals surface area contributed by atoms with Crippen molar-refractivity contribution in [1.82, 2.24) is 24.7 Å². The molecule has 4 heterocycles. The zero-order valence-corrected chi connectivity index (χ0v) is 19.1. The maximum Gasteiger partial charge on any atom is 0.517 e. The van der Waals surface area contributed by atoms with Gasteiger partial charge in [-0.3, -0.25) is 4.90 Å². The van der Waals surface area contributed by atoms with E-state index in [0.717, 1.165) is 4.90 Å². The number of nitrogens with one attached hydrogen (secondary N) is 1. The van der Waals surface area contributed by atoms with Crippen LogP contribution in [0.25, 0.3) is 22.6 Å². The van der Waals surface area contributed by atoms with E-state index in [1.54, 1.807) is 48.1 Å². The van der Waals surface area contributed by atoms with Crippen molar-refractivity contribution < 1.29 is 23.5 Å². The second-order valence-corrected chi connectivity index (χ2v) is 7.73. The van der Waals surface area contributed by atoms with Crippen molar-refractivity contribution in [2.75, 3.05) is 35.6 Å². The summed E-state index contributed by atoms with van der Waals surface area (Å²) < 4.78 is 25.2. The van der Waals surface area contributed by atoms with Gasteiger partial charge in [-0.15, -0.1) is 0 Å². The quantitative estimate of drug-likeness (QED) is 0.321. The van der Waals surface area contributed by atoms with Gasteiger partial charge in [-0.2, -0.15) is 5.10 Å². The Kier molecular flexibility index (Phi) is 6.02. The van der Waals surface area contributed by atoms with Crippen LogP contribution in [-0.2, 0) is 16.0 Å². The number of nitrogens with zero attached hydrogens (tertiary/aromatic N) is 6. The lowest BCUT2D eigenvalue weighted by Crippen LogP contribution is -2.41. The predicted molar refractivity (Wildman–Crippen MR) is 128 cm³/mol. The summed E-state index contributed by atoms with van der Waals surface area (Å²) in [5, 5.41) is 8.34. The van der Waals surface area contributed by atoms with E-state index in [2.05, 4.69) is 30.1 Å². The number of nitrogens with two attached hydrogens (primary N) is 1. The lowest BCUT2D eigenvalue weighted by molar-refractivity contribution is 0.0813. The number of carbonyl (C=O) groups excluding carboxylic acids is 2. The molecule has 3 aromatic heterocycles. The van der Waals surface area contributed by atoms with E-state index < -0.39 is 12.2 Å². The Labute approximate surface area is 203 Å². The lowest BCUT2D eigenvalue weighted by Gasteiger charge is -2.29. The monoisotopic (exact) mass is 492 g/mol. The van der Waals surface area contributed by atoms with Crippen LogP contribution in [0.2, 0.25) is 0 Å². The molecule has 3 N–H and O–H groups in total. The molecule has 4 aromatic rings. The largest absolute Gasteiger partial charge is 0.517 e. The second kappa shape index (κ2) is 9.44. The fourth-order valence-electron chi connectivity index (χ4n) is 3.89. The summed E-state index contributed by atoms with van der Waals surface area (Å²) >= 11 is 0. The molecule has 0 atom stereocenters. The standard InChI is InChI=1S/C23H21FN8O4/c1-2-35-23(34)36-22(33)31-11-10-26-20-17(31)18(25)28-19(29-20)16-14-7-5-9-27-21(14)32(30-16)12-13-6-3-4-8-15(13)24/h3-9H,2,10-12H2,1H3,(H3,25,26,28,29). The van der Waals surface area contributed by atoms with Crippen molar-refractivity contribution >= 4 is 40.6 Å². The van der Waals surface area contributed by atoms with Crippen molar-refractivity contribution in [3.63, 3.8) is 0 Å². The van der Waals surface area contributed by atoms with Gasteiger partial charge in [0, 0.05) is 24.8 Å². The third-order valence-corrected chi connectivity index (χ3v) is 5.46. The zero-order chi connectivity index (χ0) is 25.2. The summed E-state index contributed by atoms with van der Waals surface area (Å²) in [6.07, 6.45) is -0.455. The van der Waals surface area contributed by atoms with E-state index in [-0.39, 0.29) is 48.7 Å². The van der Waals surface area contributed by atoms with Gasteiger partial charge in [0.25, 0.3) is 0 Å². The fraction of sp³-hybridized carbons (Fsp3) is 0.217. The molecule has 184 valence electrons. The van der Waals surface area contributed by atoms with Crippen LogP contribution in [0.5, 0.6) is 0 Å². The number of hydrogen-bond donors (Lipinski definition) is 2. The summed E-state index contributed by atoms with van der Waals surface area (Å²) in [5.41, 5.74) is 7.76. The van der Waals surface area contributed by atoms with Crippen molar-refractivity contribution in [3.05, 3.63) is 54.0 Å². The first kappa shape index (κ1) is 23.0. The van der Waals surface area contributed by atoms with E-state index >= 15 is 0 Å². The first-order chi connectivity index (χ1) is 17.5. The predicted octanol–water partition coefficient (Wildman–Crippen LogP) is 3.18. The number of aromatic nitrogens is 5. The first-order valence-electron chi connectivity index (χ1n) is 11.1. The van der Waals surface area contributed by atoms with E-state index in [0.29, 0.717) is 28.8 Å². The van der Waals surface area contributed by atoms with E-state index in [1.807, 2.05) is 0 Å². The molecule has 0 fully saturated rings. The summed E-state index contributed by atoms with van der Waals surface area (Å²) in [7, 11) is 0. The normalized spacial score (nSPS) is 12.7. The molecule has 1 aliphatic heterocycles. The number of rotatable bonds is 4. The summed E-state index contributed by atoms with van der Waals surface area (Å²) in [6.45, 7) is 2.29. The Hall–Kier alpha value is -4.81. The molecule has 0 radical (unpaired) electrons. The van der Waals surface area contributed by atoms with Crippen LogP contribution in [-0.4, -0.2) is 56.7 Å². The van der Waals surface area contributed by atoms with Crippen LogP contribution in [0.4, 0.5) is 31.3 Å². The molecule has 0 aliphatic carbocycles. The van der Waals surface area contributed by atoms with Gasteiger partial charge in [0.2, 0.25) is 0 Å². The van der Waals surface area contributed by atoms with Gasteiger partial charge in [-0.1, -0.05) is 18.2 Å². The minimum absolute atomic E-state index is 0.0243. The number of hydrogen-bond acceptors (Lipinski definition) is 10. The average Bonchev–Trinajstić information content (AvgIpc) is 3.23. The highest BCUT2D eigenvalue weighted by molar-refractivity contribution is 6.00. The van der Waals surface area contributed by atoms with E-state index in [4.69, 9.17) is 10.5 Å². The van der Waals surface area contributed by atoms with Crippen LogP contribution < -0.4 is 16.0 Å². The molecule has 5 rings (SSSR count). The van der Waals surface area contributed by atoms with Crippen LogP contribution in [0, 0.1) is 5.82 Å². The smallest absolute Gasteiger partial charge is 0.434 e. The molecular formula is C23H21FN8O4. The molecule has 0 spiro atoms. The highest BCUT2D eigenvalue weighted by Gasteiger charge is 2.31. The number of nitrogen functional groups attached to an aromatic ring is 1.